The first kappa shape index (κ1) is 17.7. The lowest BCUT2D eigenvalue weighted by Crippen LogP contribution is -2.44. The molecule has 2 aliphatic rings. The summed E-state index contributed by atoms with van der Waals surface area (Å²) in [5.41, 5.74) is 1.52. The van der Waals surface area contributed by atoms with Crippen LogP contribution in [0.1, 0.15) is 35.2 Å². The topological polar surface area (TPSA) is 75.5 Å². The third-order valence-corrected chi connectivity index (χ3v) is 5.08. The molecule has 2 heterocycles. The number of nitrogens with one attached hydrogen (secondary N) is 1. The number of piperidine rings is 1. The van der Waals surface area contributed by atoms with E-state index in [0.29, 0.717) is 16.5 Å². The monoisotopic (exact) mass is 339 g/mol. The quantitative estimate of drug-likeness (QED) is 0.663. The average Bonchev–Trinajstić information content (AvgIpc) is 2.95. The lowest BCUT2D eigenvalue weighted by molar-refractivity contribution is -0.385. The first-order valence-electron chi connectivity index (χ1n) is 7.76. The number of likely N-dealkylation sites (tertiary alicyclic amines) is 1. The fourth-order valence-corrected chi connectivity index (χ4v) is 3.58. The van der Waals surface area contributed by atoms with Crippen LogP contribution in [-0.2, 0) is 0 Å². The molecule has 6 nitrogen and oxygen atoms in total. The van der Waals surface area contributed by atoms with E-state index in [2.05, 4.69) is 5.32 Å². The summed E-state index contributed by atoms with van der Waals surface area (Å²) < 4.78 is 0. The van der Waals surface area contributed by atoms with Gasteiger partial charge in [-0.25, -0.2) is 0 Å². The van der Waals surface area contributed by atoms with Crippen molar-refractivity contribution in [1.29, 1.82) is 0 Å². The van der Waals surface area contributed by atoms with Gasteiger partial charge in [-0.1, -0.05) is 0 Å². The third-order valence-electron chi connectivity index (χ3n) is 5.08. The molecule has 7 heteroatoms. The highest BCUT2D eigenvalue weighted by Gasteiger charge is 2.38. The number of carbonyl (C=O) groups excluding carboxylic acids is 1. The number of nitrogens with zero attached hydrogens (tertiary/aromatic N) is 2. The van der Waals surface area contributed by atoms with E-state index in [9.17, 15) is 14.9 Å². The highest BCUT2D eigenvalue weighted by Crippen LogP contribution is 2.37. The van der Waals surface area contributed by atoms with Gasteiger partial charge >= 0.3 is 0 Å². The molecule has 1 N–H and O–H groups in total. The van der Waals surface area contributed by atoms with Crippen molar-refractivity contribution in [3.8, 4) is 0 Å². The van der Waals surface area contributed by atoms with Crippen molar-refractivity contribution in [1.82, 2.24) is 10.2 Å². The largest absolute Gasteiger partial charge is 0.339 e. The van der Waals surface area contributed by atoms with Crippen LogP contribution in [0, 0.1) is 22.5 Å². The van der Waals surface area contributed by atoms with Crippen LogP contribution < -0.4 is 5.32 Å². The van der Waals surface area contributed by atoms with E-state index in [-0.39, 0.29) is 24.0 Å². The molecule has 1 amide bonds. The molecular weight excluding hydrogens is 318 g/mol. The van der Waals surface area contributed by atoms with E-state index in [1.807, 2.05) is 4.90 Å². The number of rotatable bonds is 2. The van der Waals surface area contributed by atoms with E-state index in [0.717, 1.165) is 39.0 Å². The van der Waals surface area contributed by atoms with Crippen LogP contribution in [0.2, 0.25) is 0 Å². The van der Waals surface area contributed by atoms with E-state index < -0.39 is 4.92 Å². The summed E-state index contributed by atoms with van der Waals surface area (Å²) >= 11 is 0. The van der Waals surface area contributed by atoms with Crippen LogP contribution in [0.25, 0.3) is 0 Å². The molecule has 1 aromatic carbocycles. The maximum absolute atomic E-state index is 12.6. The van der Waals surface area contributed by atoms with Crippen molar-refractivity contribution in [3.63, 3.8) is 0 Å². The smallest absolute Gasteiger partial charge is 0.272 e. The molecule has 23 heavy (non-hydrogen) atoms. The zero-order valence-electron chi connectivity index (χ0n) is 13.2. The molecule has 0 radical (unpaired) electrons. The highest BCUT2D eigenvalue weighted by molar-refractivity contribution is 5.94. The van der Waals surface area contributed by atoms with Crippen LogP contribution in [0.4, 0.5) is 5.69 Å². The Bertz CT molecular complexity index is 605. The number of carbonyl (C=O) groups is 1. The van der Waals surface area contributed by atoms with Gasteiger partial charge in [-0.3, -0.25) is 14.9 Å². The number of benzene rings is 1. The van der Waals surface area contributed by atoms with Crippen molar-refractivity contribution in [3.05, 3.63) is 39.4 Å². The maximum Gasteiger partial charge on any atom is 0.272 e. The molecule has 3 rings (SSSR count). The second-order valence-corrected chi connectivity index (χ2v) is 6.48. The molecule has 1 aromatic rings. The highest BCUT2D eigenvalue weighted by atomic mass is 35.5. The normalized spacial score (nSPS) is 19.4. The molecule has 0 aliphatic carbocycles. The summed E-state index contributed by atoms with van der Waals surface area (Å²) in [7, 11) is 0. The first-order valence-corrected chi connectivity index (χ1v) is 7.76. The molecule has 0 atom stereocenters. The molecule has 1 spiro atoms. The van der Waals surface area contributed by atoms with Crippen molar-refractivity contribution < 1.29 is 9.72 Å². The molecule has 0 saturated carbocycles. The van der Waals surface area contributed by atoms with Crippen molar-refractivity contribution >= 4 is 24.0 Å². The van der Waals surface area contributed by atoms with Crippen LogP contribution in [0.3, 0.4) is 0 Å². The summed E-state index contributed by atoms with van der Waals surface area (Å²) in [6.07, 6.45) is 3.28. The molecular formula is C16H22ClN3O3. The van der Waals surface area contributed by atoms with E-state index in [4.69, 9.17) is 0 Å². The van der Waals surface area contributed by atoms with E-state index >= 15 is 0 Å². The Labute approximate surface area is 141 Å². The lowest BCUT2D eigenvalue weighted by atomic mass is 9.78. The zero-order valence-corrected chi connectivity index (χ0v) is 14.0. The second-order valence-electron chi connectivity index (χ2n) is 6.48. The molecule has 126 valence electrons. The fourth-order valence-electron chi connectivity index (χ4n) is 3.58. The molecule has 2 aliphatic heterocycles. The van der Waals surface area contributed by atoms with Gasteiger partial charge < -0.3 is 10.2 Å². The predicted octanol–water partition coefficient (Wildman–Crippen LogP) is 2.54. The van der Waals surface area contributed by atoms with Crippen molar-refractivity contribution in [2.45, 2.75) is 26.2 Å². The van der Waals surface area contributed by atoms with Gasteiger partial charge in [0.15, 0.2) is 0 Å². The summed E-state index contributed by atoms with van der Waals surface area (Å²) in [4.78, 5) is 24.9. The minimum atomic E-state index is -0.415. The van der Waals surface area contributed by atoms with Crippen molar-refractivity contribution in [2.24, 2.45) is 5.41 Å². The minimum absolute atomic E-state index is 0. The van der Waals surface area contributed by atoms with Gasteiger partial charge in [0.25, 0.3) is 11.6 Å². The van der Waals surface area contributed by atoms with Crippen LogP contribution >= 0.6 is 12.4 Å². The summed E-state index contributed by atoms with van der Waals surface area (Å²) in [5.74, 6) is -0.0150. The van der Waals surface area contributed by atoms with Gasteiger partial charge in [-0.05, 0) is 50.3 Å². The number of aryl methyl sites for hydroxylation is 1. The zero-order chi connectivity index (χ0) is 15.7. The molecule has 0 unspecified atom stereocenters. The number of nitro groups is 1. The molecule has 2 fully saturated rings. The summed E-state index contributed by atoms with van der Waals surface area (Å²) in [6, 6.07) is 4.62. The Morgan fingerprint density at radius 2 is 2.00 bits per heavy atom. The second kappa shape index (κ2) is 6.84. The Morgan fingerprint density at radius 1 is 1.30 bits per heavy atom. The van der Waals surface area contributed by atoms with Crippen molar-refractivity contribution in [2.75, 3.05) is 26.2 Å². The van der Waals surface area contributed by atoms with E-state index in [1.54, 1.807) is 19.1 Å². The van der Waals surface area contributed by atoms with Gasteiger partial charge in [0, 0.05) is 36.8 Å². The first-order chi connectivity index (χ1) is 10.5. The van der Waals surface area contributed by atoms with Crippen LogP contribution in [0.5, 0.6) is 0 Å². The fraction of sp³-hybridized carbons (Fsp3) is 0.562. The Kier molecular flexibility index (Phi) is 5.26. The van der Waals surface area contributed by atoms with Crippen LogP contribution in [0.15, 0.2) is 18.2 Å². The standard InChI is InChI=1S/C16H21N3O3.ClH/c1-12-10-13(2-3-14(12)19(21)22)15(20)18-8-5-16(6-9-18)4-7-17-11-16;/h2-3,10,17H,4-9,11H2,1H3;1H. The van der Waals surface area contributed by atoms with E-state index in [1.165, 1.54) is 12.5 Å². The number of nitro benzene ring substituents is 1. The van der Waals surface area contributed by atoms with Gasteiger partial charge in [0.05, 0.1) is 4.92 Å². The molecule has 0 aromatic heterocycles. The number of halogens is 1. The lowest BCUT2D eigenvalue weighted by Gasteiger charge is -2.38. The SMILES string of the molecule is Cc1cc(C(=O)N2CCC3(CCNC3)CC2)ccc1[N+](=O)[O-].Cl. The number of hydrogen-bond donors (Lipinski definition) is 1. The maximum atomic E-state index is 12.6. The predicted molar refractivity (Wildman–Crippen MR) is 90.1 cm³/mol. The van der Waals surface area contributed by atoms with Gasteiger partial charge in [0.1, 0.15) is 0 Å². The Hall–Kier alpha value is -1.66. The minimum Gasteiger partial charge on any atom is -0.339 e. The Morgan fingerprint density at radius 3 is 2.52 bits per heavy atom. The van der Waals surface area contributed by atoms with Gasteiger partial charge in [-0.2, -0.15) is 0 Å². The third kappa shape index (κ3) is 3.48. The molecule has 0 bridgehead atoms. The average molecular weight is 340 g/mol. The van der Waals surface area contributed by atoms with Crippen LogP contribution in [-0.4, -0.2) is 41.9 Å². The van der Waals surface area contributed by atoms with Gasteiger partial charge in [0.2, 0.25) is 0 Å². The summed E-state index contributed by atoms with van der Waals surface area (Å²) in [5, 5.41) is 14.3. The molecule has 2 saturated heterocycles. The number of hydrogen-bond acceptors (Lipinski definition) is 4. The number of amides is 1. The summed E-state index contributed by atoms with van der Waals surface area (Å²) in [6.45, 7) is 5.36. The Balaban J connectivity index is 0.00000192. The van der Waals surface area contributed by atoms with Gasteiger partial charge in [-0.15, -0.1) is 12.4 Å².